The van der Waals surface area contributed by atoms with Gasteiger partial charge in [0.25, 0.3) is 0 Å². The predicted octanol–water partition coefficient (Wildman–Crippen LogP) is 4.22. The van der Waals surface area contributed by atoms with Crippen molar-refractivity contribution in [2.45, 2.75) is 46.1 Å². The summed E-state index contributed by atoms with van der Waals surface area (Å²) in [6, 6.07) is 5.46. The van der Waals surface area contributed by atoms with E-state index in [0.29, 0.717) is 12.0 Å². The first-order chi connectivity index (χ1) is 8.63. The molecule has 2 rings (SSSR count). The third kappa shape index (κ3) is 3.11. The lowest BCUT2D eigenvalue weighted by Crippen LogP contribution is -2.29. The van der Waals surface area contributed by atoms with E-state index in [1.54, 1.807) is 12.1 Å². The monoisotopic (exact) mass is 249 g/mol. The summed E-state index contributed by atoms with van der Waals surface area (Å²) in [7, 11) is 0. The number of aryl methyl sites for hydroxylation is 1. The average molecular weight is 249 g/mol. The summed E-state index contributed by atoms with van der Waals surface area (Å²) in [4.78, 5) is 0. The summed E-state index contributed by atoms with van der Waals surface area (Å²) in [5, 5.41) is 3.61. The number of benzene rings is 1. The number of halogens is 1. The van der Waals surface area contributed by atoms with Gasteiger partial charge < -0.3 is 5.32 Å². The Balaban J connectivity index is 2.22. The van der Waals surface area contributed by atoms with E-state index in [9.17, 15) is 4.39 Å². The highest BCUT2D eigenvalue weighted by Gasteiger charge is 2.34. The summed E-state index contributed by atoms with van der Waals surface area (Å²) in [6.45, 7) is 7.55. The maximum Gasteiger partial charge on any atom is 0.123 e. The molecule has 0 radical (unpaired) electrons. The van der Waals surface area contributed by atoms with Gasteiger partial charge in [-0.05, 0) is 67.8 Å². The Morgan fingerprint density at radius 3 is 2.72 bits per heavy atom. The van der Waals surface area contributed by atoms with Gasteiger partial charge in [-0.25, -0.2) is 4.39 Å². The van der Waals surface area contributed by atoms with Crippen molar-refractivity contribution in [3.8, 4) is 0 Å². The molecule has 0 aromatic heterocycles. The maximum atomic E-state index is 13.5. The van der Waals surface area contributed by atoms with Crippen molar-refractivity contribution >= 4 is 0 Å². The quantitative estimate of drug-likeness (QED) is 0.796. The molecular weight excluding hydrogens is 225 g/mol. The molecule has 2 atom stereocenters. The number of hydrogen-bond acceptors (Lipinski definition) is 1. The topological polar surface area (TPSA) is 12.0 Å². The second-order valence-corrected chi connectivity index (χ2v) is 5.63. The van der Waals surface area contributed by atoms with Gasteiger partial charge in [-0.15, -0.1) is 0 Å². The van der Waals surface area contributed by atoms with Crippen LogP contribution >= 0.6 is 0 Å². The molecule has 1 saturated carbocycles. The molecule has 1 aliphatic rings. The SMILES string of the molecule is CCCNC(c1cc(F)ccc1C)C(C)C1CC1. The van der Waals surface area contributed by atoms with E-state index in [4.69, 9.17) is 0 Å². The van der Waals surface area contributed by atoms with Gasteiger partial charge in [0.15, 0.2) is 0 Å². The minimum atomic E-state index is -0.123. The fourth-order valence-electron chi connectivity index (χ4n) is 2.72. The number of nitrogens with one attached hydrogen (secondary N) is 1. The van der Waals surface area contributed by atoms with E-state index in [-0.39, 0.29) is 5.82 Å². The van der Waals surface area contributed by atoms with Gasteiger partial charge in [-0.1, -0.05) is 19.9 Å². The van der Waals surface area contributed by atoms with Crippen LogP contribution in [0.25, 0.3) is 0 Å². The molecule has 0 spiro atoms. The molecule has 1 aromatic rings. The third-order valence-corrected chi connectivity index (χ3v) is 4.08. The lowest BCUT2D eigenvalue weighted by atomic mass is 9.88. The largest absolute Gasteiger partial charge is 0.310 e. The lowest BCUT2D eigenvalue weighted by molar-refractivity contribution is 0.347. The summed E-state index contributed by atoms with van der Waals surface area (Å²) >= 11 is 0. The molecule has 18 heavy (non-hydrogen) atoms. The average Bonchev–Trinajstić information content (AvgIpc) is 3.17. The Morgan fingerprint density at radius 2 is 2.11 bits per heavy atom. The standard InChI is InChI=1S/C16H24FN/c1-4-9-18-16(12(3)13-6-7-13)15-10-14(17)8-5-11(15)2/h5,8,10,12-13,16,18H,4,6-7,9H2,1-3H3. The Morgan fingerprint density at radius 1 is 1.39 bits per heavy atom. The molecular formula is C16H24FN. The van der Waals surface area contributed by atoms with Crippen LogP contribution in [0.15, 0.2) is 18.2 Å². The second kappa shape index (κ2) is 5.83. The van der Waals surface area contributed by atoms with E-state index < -0.39 is 0 Å². The van der Waals surface area contributed by atoms with Crippen LogP contribution in [-0.2, 0) is 0 Å². The van der Waals surface area contributed by atoms with E-state index in [1.165, 1.54) is 18.4 Å². The Labute approximate surface area is 110 Å². The van der Waals surface area contributed by atoms with Gasteiger partial charge in [0, 0.05) is 6.04 Å². The zero-order valence-electron chi connectivity index (χ0n) is 11.7. The van der Waals surface area contributed by atoms with Crippen molar-refractivity contribution < 1.29 is 4.39 Å². The van der Waals surface area contributed by atoms with Crippen molar-refractivity contribution in [2.24, 2.45) is 11.8 Å². The van der Waals surface area contributed by atoms with Gasteiger partial charge in [0.1, 0.15) is 5.82 Å². The third-order valence-electron chi connectivity index (χ3n) is 4.08. The highest BCUT2D eigenvalue weighted by atomic mass is 19.1. The normalized spacial score (nSPS) is 18.7. The van der Waals surface area contributed by atoms with E-state index >= 15 is 0 Å². The smallest absolute Gasteiger partial charge is 0.123 e. The van der Waals surface area contributed by atoms with E-state index in [1.807, 2.05) is 6.07 Å². The molecule has 0 heterocycles. The van der Waals surface area contributed by atoms with Crippen LogP contribution in [-0.4, -0.2) is 6.54 Å². The zero-order chi connectivity index (χ0) is 13.1. The van der Waals surface area contributed by atoms with Crippen LogP contribution in [0.1, 0.15) is 50.3 Å². The Bertz CT molecular complexity index is 398. The fourth-order valence-corrected chi connectivity index (χ4v) is 2.72. The molecule has 1 aromatic carbocycles. The van der Waals surface area contributed by atoms with E-state index in [0.717, 1.165) is 24.4 Å². The lowest BCUT2D eigenvalue weighted by Gasteiger charge is -2.27. The summed E-state index contributed by atoms with van der Waals surface area (Å²) in [5.74, 6) is 1.29. The van der Waals surface area contributed by atoms with Gasteiger partial charge in [-0.3, -0.25) is 0 Å². The van der Waals surface area contributed by atoms with E-state index in [2.05, 4.69) is 26.1 Å². The van der Waals surface area contributed by atoms with Gasteiger partial charge in [-0.2, -0.15) is 0 Å². The van der Waals surface area contributed by atoms with Crippen LogP contribution in [0, 0.1) is 24.6 Å². The highest BCUT2D eigenvalue weighted by molar-refractivity contribution is 5.30. The second-order valence-electron chi connectivity index (χ2n) is 5.63. The zero-order valence-corrected chi connectivity index (χ0v) is 11.7. The summed E-state index contributed by atoms with van der Waals surface area (Å²) < 4.78 is 13.5. The van der Waals surface area contributed by atoms with Crippen LogP contribution in [0.3, 0.4) is 0 Å². The number of hydrogen-bond donors (Lipinski definition) is 1. The molecule has 2 unspecified atom stereocenters. The minimum Gasteiger partial charge on any atom is -0.310 e. The highest BCUT2D eigenvalue weighted by Crippen LogP contribution is 2.43. The molecule has 0 aliphatic heterocycles. The van der Waals surface area contributed by atoms with Crippen molar-refractivity contribution in [3.63, 3.8) is 0 Å². The Hall–Kier alpha value is -0.890. The molecule has 0 saturated heterocycles. The van der Waals surface area contributed by atoms with Crippen molar-refractivity contribution in [3.05, 3.63) is 35.1 Å². The van der Waals surface area contributed by atoms with Gasteiger partial charge >= 0.3 is 0 Å². The maximum absolute atomic E-state index is 13.5. The van der Waals surface area contributed by atoms with Crippen molar-refractivity contribution in [2.75, 3.05) is 6.54 Å². The van der Waals surface area contributed by atoms with Crippen LogP contribution < -0.4 is 5.32 Å². The summed E-state index contributed by atoms with van der Waals surface area (Å²) in [5.41, 5.74) is 2.33. The molecule has 1 aliphatic carbocycles. The molecule has 0 bridgehead atoms. The fraction of sp³-hybridized carbons (Fsp3) is 0.625. The van der Waals surface area contributed by atoms with Crippen molar-refractivity contribution in [1.82, 2.24) is 5.32 Å². The predicted molar refractivity (Wildman–Crippen MR) is 74.1 cm³/mol. The molecule has 1 fully saturated rings. The minimum absolute atomic E-state index is 0.123. The summed E-state index contributed by atoms with van der Waals surface area (Å²) in [6.07, 6.45) is 3.78. The first kappa shape index (κ1) is 13.5. The van der Waals surface area contributed by atoms with Crippen LogP contribution in [0.2, 0.25) is 0 Å². The first-order valence-electron chi connectivity index (χ1n) is 7.13. The van der Waals surface area contributed by atoms with Crippen LogP contribution in [0.4, 0.5) is 4.39 Å². The number of rotatable bonds is 6. The van der Waals surface area contributed by atoms with Gasteiger partial charge in [0.2, 0.25) is 0 Å². The molecule has 2 heteroatoms. The molecule has 0 amide bonds. The van der Waals surface area contributed by atoms with Gasteiger partial charge in [0.05, 0.1) is 0 Å². The van der Waals surface area contributed by atoms with Crippen LogP contribution in [0.5, 0.6) is 0 Å². The molecule has 1 N–H and O–H groups in total. The molecule has 100 valence electrons. The Kier molecular flexibility index (Phi) is 4.39. The molecule has 1 nitrogen and oxygen atoms in total. The van der Waals surface area contributed by atoms with Crippen molar-refractivity contribution in [1.29, 1.82) is 0 Å². The first-order valence-corrected chi connectivity index (χ1v) is 7.13.